The van der Waals surface area contributed by atoms with Crippen molar-refractivity contribution in [2.45, 2.75) is 5.16 Å². The van der Waals surface area contributed by atoms with E-state index in [0.29, 0.717) is 16.7 Å². The molecule has 0 aliphatic carbocycles. The average molecular weight is 297 g/mol. The van der Waals surface area contributed by atoms with Gasteiger partial charge in [-0.3, -0.25) is 9.78 Å². The number of halogens is 1. The molecule has 2 aromatic heterocycles. The highest BCUT2D eigenvalue weighted by Crippen LogP contribution is 2.26. The molecule has 1 aliphatic rings. The number of rotatable bonds is 1. The van der Waals surface area contributed by atoms with E-state index in [1.807, 2.05) is 6.07 Å². The molecule has 0 bridgehead atoms. The lowest BCUT2D eigenvalue weighted by Gasteiger charge is -1.95. The Morgan fingerprint density at radius 2 is 2.31 bits per heavy atom. The fourth-order valence-corrected chi connectivity index (χ4v) is 2.55. The van der Waals surface area contributed by atoms with Gasteiger partial charge in [-0.1, -0.05) is 11.8 Å². The van der Waals surface area contributed by atoms with Gasteiger partial charge in [0.05, 0.1) is 5.75 Å². The summed E-state index contributed by atoms with van der Waals surface area (Å²) in [6.07, 6.45) is 3.36. The van der Waals surface area contributed by atoms with Crippen LogP contribution in [0.25, 0.3) is 11.4 Å². The van der Waals surface area contributed by atoms with Crippen molar-refractivity contribution in [3.05, 3.63) is 22.9 Å². The maximum absolute atomic E-state index is 11.4. The standard InChI is InChI=1S/C9H5BrN4OS/c10-6-1-5(2-11-3-6)8-12-9-14(13-8)7(15)4-16-9/h1-3H,4H2. The number of aromatic nitrogens is 4. The second kappa shape index (κ2) is 3.67. The SMILES string of the molecule is O=C1CSc2nc(-c3cncc(Br)c3)nn21. The molecule has 0 amide bonds. The van der Waals surface area contributed by atoms with E-state index >= 15 is 0 Å². The van der Waals surface area contributed by atoms with Gasteiger partial charge in [-0.25, -0.2) is 4.98 Å². The Hall–Kier alpha value is -1.21. The van der Waals surface area contributed by atoms with Crippen LogP contribution in [0.3, 0.4) is 0 Å². The number of hydrogen-bond acceptors (Lipinski definition) is 5. The molecule has 3 heterocycles. The molecule has 0 atom stereocenters. The van der Waals surface area contributed by atoms with Crippen molar-refractivity contribution in [1.82, 2.24) is 19.7 Å². The van der Waals surface area contributed by atoms with Crippen molar-refractivity contribution in [2.75, 3.05) is 5.75 Å². The smallest absolute Gasteiger partial charge is 0.259 e. The number of thioether (sulfide) groups is 1. The van der Waals surface area contributed by atoms with Crippen LogP contribution < -0.4 is 0 Å². The molecule has 0 fully saturated rings. The molecule has 0 aromatic carbocycles. The lowest BCUT2D eigenvalue weighted by atomic mass is 10.3. The van der Waals surface area contributed by atoms with Crippen molar-refractivity contribution < 1.29 is 4.79 Å². The van der Waals surface area contributed by atoms with Crippen LogP contribution >= 0.6 is 27.7 Å². The van der Waals surface area contributed by atoms with Crippen molar-refractivity contribution in [3.8, 4) is 11.4 Å². The third kappa shape index (κ3) is 1.56. The first-order chi connectivity index (χ1) is 7.74. The van der Waals surface area contributed by atoms with Crippen LogP contribution in [0.2, 0.25) is 0 Å². The molecule has 0 saturated heterocycles. The van der Waals surface area contributed by atoms with Crippen LogP contribution in [0, 0.1) is 0 Å². The zero-order valence-corrected chi connectivity index (χ0v) is 10.3. The van der Waals surface area contributed by atoms with Gasteiger partial charge in [-0.05, 0) is 22.0 Å². The van der Waals surface area contributed by atoms with Crippen molar-refractivity contribution in [1.29, 1.82) is 0 Å². The van der Waals surface area contributed by atoms with Crippen molar-refractivity contribution in [2.24, 2.45) is 0 Å². The molecule has 0 N–H and O–H groups in total. The Morgan fingerprint density at radius 3 is 3.06 bits per heavy atom. The van der Waals surface area contributed by atoms with E-state index in [1.54, 1.807) is 12.4 Å². The van der Waals surface area contributed by atoms with Gasteiger partial charge in [-0.15, -0.1) is 5.10 Å². The van der Waals surface area contributed by atoms with Gasteiger partial charge in [0.2, 0.25) is 0 Å². The summed E-state index contributed by atoms with van der Waals surface area (Å²) >= 11 is 4.73. The normalized spacial score (nSPS) is 14.2. The number of nitrogens with zero attached hydrogens (tertiary/aromatic N) is 4. The minimum Gasteiger partial charge on any atom is -0.271 e. The van der Waals surface area contributed by atoms with E-state index in [-0.39, 0.29) is 5.91 Å². The van der Waals surface area contributed by atoms with Gasteiger partial charge >= 0.3 is 0 Å². The van der Waals surface area contributed by atoms with Crippen LogP contribution in [0.4, 0.5) is 0 Å². The van der Waals surface area contributed by atoms with Gasteiger partial charge in [0.1, 0.15) is 0 Å². The molecule has 80 valence electrons. The van der Waals surface area contributed by atoms with E-state index in [1.165, 1.54) is 16.4 Å². The van der Waals surface area contributed by atoms with Crippen molar-refractivity contribution in [3.63, 3.8) is 0 Å². The summed E-state index contributed by atoms with van der Waals surface area (Å²) in [6.45, 7) is 0. The average Bonchev–Trinajstić information content (AvgIpc) is 2.81. The molecule has 0 radical (unpaired) electrons. The maximum Gasteiger partial charge on any atom is 0.259 e. The molecule has 0 unspecified atom stereocenters. The van der Waals surface area contributed by atoms with E-state index in [2.05, 4.69) is 31.0 Å². The minimum absolute atomic E-state index is 0.0262. The monoisotopic (exact) mass is 296 g/mol. The van der Waals surface area contributed by atoms with E-state index < -0.39 is 0 Å². The summed E-state index contributed by atoms with van der Waals surface area (Å²) in [6, 6.07) is 1.87. The third-order valence-electron chi connectivity index (χ3n) is 2.10. The molecule has 5 nitrogen and oxygen atoms in total. The van der Waals surface area contributed by atoms with Gasteiger partial charge in [0, 0.05) is 22.4 Å². The summed E-state index contributed by atoms with van der Waals surface area (Å²) < 4.78 is 2.21. The van der Waals surface area contributed by atoms with E-state index in [9.17, 15) is 4.79 Å². The summed E-state index contributed by atoms with van der Waals surface area (Å²) in [5.74, 6) is 0.929. The van der Waals surface area contributed by atoms with E-state index in [4.69, 9.17) is 0 Å². The first-order valence-electron chi connectivity index (χ1n) is 4.48. The molecular weight excluding hydrogens is 292 g/mol. The largest absolute Gasteiger partial charge is 0.271 e. The third-order valence-corrected chi connectivity index (χ3v) is 3.45. The molecule has 1 aliphatic heterocycles. The number of carbonyl (C=O) groups is 1. The predicted octanol–water partition coefficient (Wildman–Crippen LogP) is 1.85. The summed E-state index contributed by atoms with van der Waals surface area (Å²) in [7, 11) is 0. The Kier molecular flexibility index (Phi) is 2.29. The topological polar surface area (TPSA) is 60.7 Å². The highest BCUT2D eigenvalue weighted by atomic mass is 79.9. The second-order valence-electron chi connectivity index (χ2n) is 3.20. The van der Waals surface area contributed by atoms with Crippen molar-refractivity contribution >= 4 is 33.6 Å². The Morgan fingerprint density at radius 1 is 1.44 bits per heavy atom. The Bertz CT molecular complexity index is 583. The number of carbonyl (C=O) groups excluding carboxylic acids is 1. The first kappa shape index (κ1) is 9.98. The van der Waals surface area contributed by atoms with Crippen LogP contribution in [-0.2, 0) is 0 Å². The lowest BCUT2D eigenvalue weighted by Crippen LogP contribution is -2.08. The maximum atomic E-state index is 11.4. The first-order valence-corrected chi connectivity index (χ1v) is 6.26. The number of fused-ring (bicyclic) bond motifs is 1. The fraction of sp³-hybridized carbons (Fsp3) is 0.111. The highest BCUT2D eigenvalue weighted by molar-refractivity contribution is 9.10. The van der Waals surface area contributed by atoms with Gasteiger partial charge in [-0.2, -0.15) is 4.68 Å². The van der Waals surface area contributed by atoms with Crippen LogP contribution in [0.15, 0.2) is 28.1 Å². The molecule has 0 saturated carbocycles. The van der Waals surface area contributed by atoms with E-state index in [0.717, 1.165) is 10.0 Å². The minimum atomic E-state index is -0.0262. The molecule has 2 aromatic rings. The van der Waals surface area contributed by atoms with Gasteiger partial charge in [0.25, 0.3) is 5.91 Å². The molecule has 16 heavy (non-hydrogen) atoms. The molecule has 0 spiro atoms. The highest BCUT2D eigenvalue weighted by Gasteiger charge is 2.24. The fourth-order valence-electron chi connectivity index (χ4n) is 1.40. The summed E-state index contributed by atoms with van der Waals surface area (Å²) in [5.41, 5.74) is 0.796. The van der Waals surface area contributed by atoms with Gasteiger partial charge in [0.15, 0.2) is 11.0 Å². The van der Waals surface area contributed by atoms with Crippen LogP contribution in [-0.4, -0.2) is 31.4 Å². The second-order valence-corrected chi connectivity index (χ2v) is 5.06. The zero-order valence-electron chi connectivity index (χ0n) is 7.92. The number of hydrogen-bond donors (Lipinski definition) is 0. The summed E-state index contributed by atoms with van der Waals surface area (Å²) in [5, 5.41) is 4.81. The van der Waals surface area contributed by atoms with Gasteiger partial charge < -0.3 is 0 Å². The van der Waals surface area contributed by atoms with Crippen LogP contribution in [0.1, 0.15) is 4.79 Å². The molecule has 3 rings (SSSR count). The predicted molar refractivity (Wildman–Crippen MR) is 62.3 cm³/mol. The Balaban J connectivity index is 2.08. The Labute approximate surface area is 103 Å². The lowest BCUT2D eigenvalue weighted by molar-refractivity contribution is 0.0923. The summed E-state index contributed by atoms with van der Waals surface area (Å²) in [4.78, 5) is 19.7. The number of pyridine rings is 1. The molecule has 7 heteroatoms. The van der Waals surface area contributed by atoms with Crippen LogP contribution in [0.5, 0.6) is 0 Å². The zero-order chi connectivity index (χ0) is 11.1. The quantitative estimate of drug-likeness (QED) is 0.804. The molecular formula is C9H5BrN4OS.